The zero-order valence-corrected chi connectivity index (χ0v) is 17.5. The lowest BCUT2D eigenvalue weighted by atomic mass is 10.0. The molecule has 0 spiro atoms. The average molecular weight is 415 g/mol. The molecule has 1 aliphatic rings. The van der Waals surface area contributed by atoms with Crippen LogP contribution in [0.25, 0.3) is 5.57 Å². The number of hydrogen-bond donors (Lipinski definition) is 1. The molecule has 0 aliphatic carbocycles. The molecule has 2 aromatic rings. The highest BCUT2D eigenvalue weighted by atomic mass is 35.5. The van der Waals surface area contributed by atoms with Gasteiger partial charge in [-0.05, 0) is 41.8 Å². The van der Waals surface area contributed by atoms with Crippen molar-refractivity contribution < 1.29 is 19.1 Å². The largest absolute Gasteiger partial charge is 0.495 e. The third-order valence-corrected chi connectivity index (χ3v) is 4.67. The van der Waals surface area contributed by atoms with E-state index in [-0.39, 0.29) is 17.2 Å². The van der Waals surface area contributed by atoms with Gasteiger partial charge in [0.1, 0.15) is 17.2 Å². The van der Waals surface area contributed by atoms with Crippen LogP contribution in [0.1, 0.15) is 19.4 Å². The van der Waals surface area contributed by atoms with E-state index in [2.05, 4.69) is 19.2 Å². The van der Waals surface area contributed by atoms with Gasteiger partial charge in [0, 0.05) is 12.1 Å². The number of carbonyl (C=O) groups excluding carboxylic acids is 2. The van der Waals surface area contributed by atoms with Crippen LogP contribution in [0.5, 0.6) is 11.5 Å². The lowest BCUT2D eigenvalue weighted by molar-refractivity contribution is -0.135. The molecule has 0 fully saturated rings. The first-order valence-corrected chi connectivity index (χ1v) is 9.60. The Kier molecular flexibility index (Phi) is 6.13. The molecule has 7 heteroatoms. The van der Waals surface area contributed by atoms with Crippen molar-refractivity contribution in [3.8, 4) is 11.5 Å². The SMILES string of the molecule is COc1ccc(Cl)cc1NC1=C(c2ccc(OCC(C)C)cc2)C(=O)N(C)C1=O. The van der Waals surface area contributed by atoms with E-state index in [0.29, 0.717) is 40.3 Å². The van der Waals surface area contributed by atoms with Crippen molar-refractivity contribution in [1.82, 2.24) is 4.90 Å². The van der Waals surface area contributed by atoms with E-state index in [1.165, 1.54) is 14.2 Å². The summed E-state index contributed by atoms with van der Waals surface area (Å²) in [4.78, 5) is 26.6. The molecule has 0 saturated heterocycles. The predicted octanol–water partition coefficient (Wildman–Crippen LogP) is 4.21. The molecule has 0 saturated carbocycles. The van der Waals surface area contributed by atoms with Gasteiger partial charge in [-0.2, -0.15) is 0 Å². The molecule has 2 aromatic carbocycles. The summed E-state index contributed by atoms with van der Waals surface area (Å²) in [5, 5.41) is 3.52. The normalized spacial score (nSPS) is 14.1. The molecule has 152 valence electrons. The summed E-state index contributed by atoms with van der Waals surface area (Å²) in [5.41, 5.74) is 1.58. The van der Waals surface area contributed by atoms with E-state index < -0.39 is 5.91 Å². The number of nitrogens with zero attached hydrogens (tertiary/aromatic N) is 1. The van der Waals surface area contributed by atoms with Crippen molar-refractivity contribution in [3.63, 3.8) is 0 Å². The van der Waals surface area contributed by atoms with Gasteiger partial charge >= 0.3 is 0 Å². The summed E-state index contributed by atoms with van der Waals surface area (Å²) < 4.78 is 11.0. The van der Waals surface area contributed by atoms with Crippen molar-refractivity contribution in [2.45, 2.75) is 13.8 Å². The zero-order valence-electron chi connectivity index (χ0n) is 16.8. The zero-order chi connectivity index (χ0) is 21.1. The number of likely N-dealkylation sites (N-methyl/N-ethyl adjacent to an activating group) is 1. The molecule has 1 N–H and O–H groups in total. The highest BCUT2D eigenvalue weighted by Crippen LogP contribution is 2.34. The molecule has 2 amide bonds. The Bertz CT molecular complexity index is 967. The fourth-order valence-corrected chi connectivity index (χ4v) is 3.09. The number of carbonyl (C=O) groups is 2. The van der Waals surface area contributed by atoms with Gasteiger partial charge in [0.2, 0.25) is 0 Å². The van der Waals surface area contributed by atoms with Gasteiger partial charge < -0.3 is 14.8 Å². The maximum atomic E-state index is 12.8. The Morgan fingerprint density at radius 3 is 2.38 bits per heavy atom. The number of imide groups is 1. The van der Waals surface area contributed by atoms with Gasteiger partial charge in [0.25, 0.3) is 11.8 Å². The number of benzene rings is 2. The van der Waals surface area contributed by atoms with Gasteiger partial charge in [-0.3, -0.25) is 14.5 Å². The highest BCUT2D eigenvalue weighted by molar-refractivity contribution is 6.36. The third kappa shape index (κ3) is 4.38. The minimum absolute atomic E-state index is 0.175. The maximum absolute atomic E-state index is 12.8. The molecule has 6 nitrogen and oxygen atoms in total. The number of methoxy groups -OCH3 is 1. The molecule has 0 unspecified atom stereocenters. The molecule has 0 aromatic heterocycles. The van der Waals surface area contributed by atoms with Crippen molar-refractivity contribution in [2.75, 3.05) is 26.1 Å². The number of hydrogen-bond acceptors (Lipinski definition) is 5. The van der Waals surface area contributed by atoms with Crippen LogP contribution in [-0.2, 0) is 9.59 Å². The van der Waals surface area contributed by atoms with E-state index in [1.807, 2.05) is 0 Å². The van der Waals surface area contributed by atoms with Gasteiger partial charge in [-0.1, -0.05) is 37.6 Å². The summed E-state index contributed by atoms with van der Waals surface area (Å²) in [6.45, 7) is 4.74. The Hall–Kier alpha value is -2.99. The van der Waals surface area contributed by atoms with E-state index in [1.54, 1.807) is 42.5 Å². The van der Waals surface area contributed by atoms with E-state index in [4.69, 9.17) is 21.1 Å². The summed E-state index contributed by atoms with van der Waals surface area (Å²) >= 11 is 6.09. The minimum Gasteiger partial charge on any atom is -0.495 e. The number of amides is 2. The second kappa shape index (κ2) is 8.57. The topological polar surface area (TPSA) is 67.9 Å². The standard InChI is InChI=1S/C22H23ClN2O4/c1-13(2)12-29-16-8-5-14(6-9-16)19-20(22(27)25(3)21(19)26)24-17-11-15(23)7-10-18(17)28-4/h5-11,13,24H,12H2,1-4H3. The molecule has 0 bridgehead atoms. The second-order valence-corrected chi connectivity index (χ2v) is 7.55. The summed E-state index contributed by atoms with van der Waals surface area (Å²) in [7, 11) is 2.97. The number of halogens is 1. The first kappa shape index (κ1) is 20.7. The van der Waals surface area contributed by atoms with Crippen LogP contribution in [0.2, 0.25) is 5.02 Å². The Labute approximate surface area is 175 Å². The molecule has 1 aliphatic heterocycles. The van der Waals surface area contributed by atoms with E-state index >= 15 is 0 Å². The smallest absolute Gasteiger partial charge is 0.277 e. The summed E-state index contributed by atoms with van der Waals surface area (Å²) in [5.74, 6) is 0.817. The molecule has 29 heavy (non-hydrogen) atoms. The molecule has 3 rings (SSSR count). The third-order valence-electron chi connectivity index (χ3n) is 4.43. The number of nitrogens with one attached hydrogen (secondary N) is 1. The van der Waals surface area contributed by atoms with Gasteiger partial charge in [-0.15, -0.1) is 0 Å². The summed E-state index contributed by atoms with van der Waals surface area (Å²) in [6, 6.07) is 12.1. The van der Waals surface area contributed by atoms with Crippen LogP contribution in [0.4, 0.5) is 5.69 Å². The monoisotopic (exact) mass is 414 g/mol. The van der Waals surface area contributed by atoms with E-state index in [0.717, 1.165) is 4.90 Å². The molecular weight excluding hydrogens is 392 g/mol. The second-order valence-electron chi connectivity index (χ2n) is 7.12. The van der Waals surface area contributed by atoms with Crippen molar-refractivity contribution in [2.24, 2.45) is 5.92 Å². The number of anilines is 1. The Balaban J connectivity index is 1.99. The van der Waals surface area contributed by atoms with Crippen LogP contribution in [-0.4, -0.2) is 37.5 Å². The summed E-state index contributed by atoms with van der Waals surface area (Å²) in [6.07, 6.45) is 0. The van der Waals surface area contributed by atoms with Crippen LogP contribution >= 0.6 is 11.6 Å². The van der Waals surface area contributed by atoms with Crippen molar-refractivity contribution >= 4 is 34.7 Å². The fourth-order valence-electron chi connectivity index (χ4n) is 2.92. The van der Waals surface area contributed by atoms with Crippen LogP contribution in [0.15, 0.2) is 48.2 Å². The molecule has 0 radical (unpaired) electrons. The molecule has 0 atom stereocenters. The first-order valence-electron chi connectivity index (χ1n) is 9.22. The first-order chi connectivity index (χ1) is 13.8. The number of rotatable bonds is 7. The molecule has 1 heterocycles. The maximum Gasteiger partial charge on any atom is 0.277 e. The fraction of sp³-hybridized carbons (Fsp3) is 0.273. The van der Waals surface area contributed by atoms with Gasteiger partial charge in [0.05, 0.1) is 25.0 Å². The van der Waals surface area contributed by atoms with Crippen LogP contribution in [0.3, 0.4) is 0 Å². The predicted molar refractivity (Wildman–Crippen MR) is 113 cm³/mol. The van der Waals surface area contributed by atoms with Crippen molar-refractivity contribution in [1.29, 1.82) is 0 Å². The van der Waals surface area contributed by atoms with Crippen LogP contribution in [0, 0.1) is 5.92 Å². The minimum atomic E-state index is -0.424. The Morgan fingerprint density at radius 2 is 1.76 bits per heavy atom. The average Bonchev–Trinajstić information content (AvgIpc) is 2.91. The Morgan fingerprint density at radius 1 is 1.07 bits per heavy atom. The van der Waals surface area contributed by atoms with E-state index in [9.17, 15) is 9.59 Å². The van der Waals surface area contributed by atoms with Gasteiger partial charge in [0.15, 0.2) is 0 Å². The lowest BCUT2D eigenvalue weighted by Gasteiger charge is -2.13. The lowest BCUT2D eigenvalue weighted by Crippen LogP contribution is -2.27. The van der Waals surface area contributed by atoms with Crippen LogP contribution < -0.4 is 14.8 Å². The number of ether oxygens (including phenoxy) is 2. The molecular formula is C22H23ClN2O4. The van der Waals surface area contributed by atoms with Gasteiger partial charge in [-0.25, -0.2) is 0 Å². The highest BCUT2D eigenvalue weighted by Gasteiger charge is 2.37. The van der Waals surface area contributed by atoms with Crippen molar-refractivity contribution in [3.05, 3.63) is 58.7 Å². The quantitative estimate of drug-likeness (QED) is 0.687.